The monoisotopic (exact) mass is 476 g/mol. The first-order valence-electron chi connectivity index (χ1n) is 12.6. The van der Waals surface area contributed by atoms with Gasteiger partial charge in [-0.2, -0.15) is 0 Å². The number of imidazole rings is 1. The zero-order valence-electron chi connectivity index (χ0n) is 20.8. The molecule has 2 nitrogen and oxygen atoms in total. The van der Waals surface area contributed by atoms with E-state index >= 15 is 0 Å². The summed E-state index contributed by atoms with van der Waals surface area (Å²) in [5.74, 6) is 0. The van der Waals surface area contributed by atoms with Crippen LogP contribution in [0.25, 0.3) is 22.4 Å². The van der Waals surface area contributed by atoms with Gasteiger partial charge in [0, 0.05) is 11.8 Å². The molecular weight excluding hydrogens is 448 g/mol. The van der Waals surface area contributed by atoms with Gasteiger partial charge in [0.05, 0.1) is 12.0 Å². The molecule has 6 aromatic rings. The Balaban J connectivity index is 1.59. The Hall–Kier alpha value is -4.69. The summed E-state index contributed by atoms with van der Waals surface area (Å²) in [4.78, 5) is 5.00. The minimum absolute atomic E-state index is 0.576. The van der Waals surface area contributed by atoms with E-state index in [1.807, 2.05) is 6.33 Å². The number of aromatic nitrogens is 2. The maximum atomic E-state index is 5.00. The third-order valence-corrected chi connectivity index (χ3v) is 7.11. The molecule has 178 valence electrons. The molecule has 0 fully saturated rings. The second-order valence-electron chi connectivity index (χ2n) is 9.39. The van der Waals surface area contributed by atoms with E-state index in [2.05, 4.69) is 157 Å². The van der Waals surface area contributed by atoms with Crippen molar-refractivity contribution in [3.63, 3.8) is 0 Å². The van der Waals surface area contributed by atoms with E-state index in [9.17, 15) is 0 Å². The minimum atomic E-state index is -0.576. The summed E-state index contributed by atoms with van der Waals surface area (Å²) in [6.07, 6.45) is 4.17. The molecule has 0 spiro atoms. The van der Waals surface area contributed by atoms with E-state index in [1.54, 1.807) is 0 Å². The predicted octanol–water partition coefficient (Wildman–Crippen LogP) is 8.37. The van der Waals surface area contributed by atoms with Crippen molar-refractivity contribution in [3.8, 4) is 22.4 Å². The van der Waals surface area contributed by atoms with Crippen LogP contribution in [0.1, 0.15) is 22.3 Å². The lowest BCUT2D eigenvalue weighted by Crippen LogP contribution is -2.36. The van der Waals surface area contributed by atoms with Crippen molar-refractivity contribution in [2.45, 2.75) is 12.5 Å². The van der Waals surface area contributed by atoms with Gasteiger partial charge in [-0.15, -0.1) is 0 Å². The van der Waals surface area contributed by atoms with Crippen LogP contribution in [0.4, 0.5) is 0 Å². The fourth-order valence-corrected chi connectivity index (χ4v) is 5.32. The average molecular weight is 477 g/mol. The SMILES string of the molecule is Cc1ccc(-c2ccccc2-c2cn(C(c3ccccc3)(c3ccccc3)c3ccccc3)cn2)cc1. The van der Waals surface area contributed by atoms with Gasteiger partial charge in [-0.1, -0.05) is 145 Å². The Morgan fingerprint density at radius 2 is 0.973 bits per heavy atom. The Morgan fingerprint density at radius 1 is 0.514 bits per heavy atom. The van der Waals surface area contributed by atoms with Crippen molar-refractivity contribution in [1.82, 2.24) is 9.55 Å². The highest BCUT2D eigenvalue weighted by Gasteiger charge is 2.38. The summed E-state index contributed by atoms with van der Waals surface area (Å²) >= 11 is 0. The minimum Gasteiger partial charge on any atom is -0.318 e. The maximum Gasteiger partial charge on any atom is 0.121 e. The molecule has 0 saturated carbocycles. The van der Waals surface area contributed by atoms with E-state index in [1.165, 1.54) is 33.4 Å². The quantitative estimate of drug-likeness (QED) is 0.221. The van der Waals surface area contributed by atoms with Crippen LogP contribution in [-0.2, 0) is 5.54 Å². The summed E-state index contributed by atoms with van der Waals surface area (Å²) in [6.45, 7) is 2.12. The predicted molar refractivity (Wildman–Crippen MR) is 152 cm³/mol. The highest BCUT2D eigenvalue weighted by Crippen LogP contribution is 2.42. The molecule has 0 atom stereocenters. The van der Waals surface area contributed by atoms with Crippen LogP contribution >= 0.6 is 0 Å². The molecule has 0 aliphatic rings. The van der Waals surface area contributed by atoms with Crippen LogP contribution in [-0.4, -0.2) is 9.55 Å². The van der Waals surface area contributed by atoms with E-state index in [0.717, 1.165) is 11.3 Å². The molecule has 0 amide bonds. The van der Waals surface area contributed by atoms with E-state index < -0.39 is 5.54 Å². The Kier molecular flexibility index (Phi) is 6.00. The summed E-state index contributed by atoms with van der Waals surface area (Å²) in [6, 6.07) is 49.4. The Morgan fingerprint density at radius 3 is 1.49 bits per heavy atom. The Labute approximate surface area is 218 Å². The van der Waals surface area contributed by atoms with Gasteiger partial charge in [0.15, 0.2) is 0 Å². The van der Waals surface area contributed by atoms with Crippen LogP contribution in [0, 0.1) is 6.92 Å². The fraction of sp³-hybridized carbons (Fsp3) is 0.0571. The van der Waals surface area contributed by atoms with Crippen molar-refractivity contribution < 1.29 is 0 Å². The van der Waals surface area contributed by atoms with Gasteiger partial charge in [-0.05, 0) is 34.7 Å². The summed E-state index contributed by atoms with van der Waals surface area (Å²) in [5, 5.41) is 0. The third kappa shape index (κ3) is 4.07. The van der Waals surface area contributed by atoms with Crippen molar-refractivity contribution in [2.75, 3.05) is 0 Å². The zero-order chi connectivity index (χ0) is 25.1. The fourth-order valence-electron chi connectivity index (χ4n) is 5.32. The molecule has 2 heteroatoms. The van der Waals surface area contributed by atoms with Crippen molar-refractivity contribution >= 4 is 0 Å². The number of hydrogen-bond acceptors (Lipinski definition) is 1. The summed E-state index contributed by atoms with van der Waals surface area (Å²) < 4.78 is 2.27. The topological polar surface area (TPSA) is 17.8 Å². The standard InChI is InChI=1S/C35H28N2/c1-27-21-23-28(24-22-27)32-19-11-12-20-33(32)34-25-37(26-36-34)35(29-13-5-2-6-14-29,30-15-7-3-8-16-30)31-17-9-4-10-18-31/h2-26H,1H3. The van der Waals surface area contributed by atoms with Gasteiger partial charge >= 0.3 is 0 Å². The molecule has 0 N–H and O–H groups in total. The molecule has 1 aromatic heterocycles. The Bertz CT molecular complexity index is 1500. The molecule has 0 aliphatic carbocycles. The molecule has 5 aromatic carbocycles. The van der Waals surface area contributed by atoms with E-state index in [-0.39, 0.29) is 0 Å². The first-order valence-corrected chi connectivity index (χ1v) is 12.6. The number of rotatable bonds is 6. The van der Waals surface area contributed by atoms with E-state index in [4.69, 9.17) is 4.98 Å². The smallest absolute Gasteiger partial charge is 0.121 e. The molecule has 0 radical (unpaired) electrons. The van der Waals surface area contributed by atoms with Crippen molar-refractivity contribution in [2.24, 2.45) is 0 Å². The largest absolute Gasteiger partial charge is 0.318 e. The second kappa shape index (κ2) is 9.75. The highest BCUT2D eigenvalue weighted by molar-refractivity contribution is 5.81. The van der Waals surface area contributed by atoms with Crippen molar-refractivity contribution in [3.05, 3.63) is 174 Å². The lowest BCUT2D eigenvalue weighted by molar-refractivity contribution is 0.515. The molecule has 0 aliphatic heterocycles. The third-order valence-electron chi connectivity index (χ3n) is 7.11. The van der Waals surface area contributed by atoms with Crippen LogP contribution in [0.15, 0.2) is 152 Å². The molecule has 1 heterocycles. The van der Waals surface area contributed by atoms with Crippen LogP contribution < -0.4 is 0 Å². The first kappa shape index (κ1) is 22.8. The first-order chi connectivity index (χ1) is 18.3. The molecule has 0 saturated heterocycles. The van der Waals surface area contributed by atoms with Gasteiger partial charge in [-0.3, -0.25) is 0 Å². The molecule has 6 rings (SSSR count). The second-order valence-corrected chi connectivity index (χ2v) is 9.39. The van der Waals surface area contributed by atoms with Crippen LogP contribution in [0.5, 0.6) is 0 Å². The molecular formula is C35H28N2. The van der Waals surface area contributed by atoms with Gasteiger partial charge in [0.25, 0.3) is 0 Å². The zero-order valence-corrected chi connectivity index (χ0v) is 20.8. The maximum absolute atomic E-state index is 5.00. The average Bonchev–Trinajstić information content (AvgIpc) is 3.46. The van der Waals surface area contributed by atoms with Crippen LogP contribution in [0.2, 0.25) is 0 Å². The van der Waals surface area contributed by atoms with Crippen LogP contribution in [0.3, 0.4) is 0 Å². The number of aryl methyl sites for hydroxylation is 1. The molecule has 0 bridgehead atoms. The summed E-state index contributed by atoms with van der Waals surface area (Å²) in [7, 11) is 0. The summed E-state index contributed by atoms with van der Waals surface area (Å²) in [5.41, 5.74) is 8.66. The highest BCUT2D eigenvalue weighted by atomic mass is 15.1. The van der Waals surface area contributed by atoms with Gasteiger partial charge in [-0.25, -0.2) is 4.98 Å². The lowest BCUT2D eigenvalue weighted by Gasteiger charge is -2.37. The lowest BCUT2D eigenvalue weighted by atomic mass is 9.76. The normalized spacial score (nSPS) is 11.4. The molecule has 0 unspecified atom stereocenters. The number of nitrogens with zero attached hydrogens (tertiary/aromatic N) is 2. The number of hydrogen-bond donors (Lipinski definition) is 0. The molecule has 37 heavy (non-hydrogen) atoms. The van der Waals surface area contributed by atoms with Gasteiger partial charge in [0.1, 0.15) is 5.54 Å². The number of benzene rings is 5. The van der Waals surface area contributed by atoms with Gasteiger partial charge < -0.3 is 4.57 Å². The van der Waals surface area contributed by atoms with Crippen molar-refractivity contribution in [1.29, 1.82) is 0 Å². The van der Waals surface area contributed by atoms with E-state index in [0.29, 0.717) is 0 Å². The van der Waals surface area contributed by atoms with Gasteiger partial charge in [0.2, 0.25) is 0 Å².